The zero-order valence-electron chi connectivity index (χ0n) is 11.3. The number of hydrogen-bond donors (Lipinski definition) is 1. The van der Waals surface area contributed by atoms with Crippen LogP contribution in [-0.4, -0.2) is 36.8 Å². The van der Waals surface area contributed by atoms with Gasteiger partial charge in [0.2, 0.25) is 11.8 Å². The lowest BCUT2D eigenvalue weighted by Gasteiger charge is -2.33. The number of nitrogen functional groups attached to an aromatic ring is 1. The molecule has 1 fully saturated rings. The Morgan fingerprint density at radius 3 is 2.45 bits per heavy atom. The van der Waals surface area contributed by atoms with Crippen LogP contribution in [0.3, 0.4) is 0 Å². The van der Waals surface area contributed by atoms with E-state index in [9.17, 15) is 14.4 Å². The molecule has 2 N–H and O–H groups in total. The van der Waals surface area contributed by atoms with E-state index >= 15 is 0 Å². The number of hydrogen-bond acceptors (Lipinski definition) is 5. The fraction of sp³-hybridized carbons (Fsp3) is 0.357. The number of nitrogens with zero attached hydrogens (tertiary/aromatic N) is 1. The van der Waals surface area contributed by atoms with E-state index < -0.39 is 23.7 Å². The minimum atomic E-state index is -0.994. The largest absolute Gasteiger partial charge is 0.468 e. The summed E-state index contributed by atoms with van der Waals surface area (Å²) in [5.41, 5.74) is 6.92. The maximum Gasteiger partial charge on any atom is 0.318 e. The number of benzene rings is 1. The molecule has 1 saturated heterocycles. The summed E-state index contributed by atoms with van der Waals surface area (Å²) in [5.74, 6) is -2.98. The standard InChI is InChI=1S/C14H16N2O4/c1-16-11(17)7-10(8-3-5-9(15)6-4-8)12(13(16)18)14(19)20-2/h3-6,10,12H,7,15H2,1-2H3. The minimum absolute atomic E-state index is 0.0892. The van der Waals surface area contributed by atoms with Gasteiger partial charge < -0.3 is 10.5 Å². The van der Waals surface area contributed by atoms with Crippen LogP contribution >= 0.6 is 0 Å². The van der Waals surface area contributed by atoms with Crippen molar-refractivity contribution in [1.82, 2.24) is 4.90 Å². The summed E-state index contributed by atoms with van der Waals surface area (Å²) >= 11 is 0. The lowest BCUT2D eigenvalue weighted by Crippen LogP contribution is -2.49. The predicted octanol–water partition coefficient (Wildman–Crippen LogP) is 0.530. The highest BCUT2D eigenvalue weighted by atomic mass is 16.5. The topological polar surface area (TPSA) is 89.7 Å². The van der Waals surface area contributed by atoms with Gasteiger partial charge in [-0.05, 0) is 17.7 Å². The monoisotopic (exact) mass is 276 g/mol. The molecule has 0 bridgehead atoms. The number of carbonyl (C=O) groups is 3. The second-order valence-electron chi connectivity index (χ2n) is 4.77. The van der Waals surface area contributed by atoms with E-state index in [0.717, 1.165) is 10.5 Å². The molecule has 0 saturated carbocycles. The summed E-state index contributed by atoms with van der Waals surface area (Å²) in [6, 6.07) is 6.80. The van der Waals surface area contributed by atoms with E-state index in [1.54, 1.807) is 24.3 Å². The van der Waals surface area contributed by atoms with Gasteiger partial charge >= 0.3 is 5.97 Å². The molecule has 1 aromatic carbocycles. The van der Waals surface area contributed by atoms with Gasteiger partial charge in [-0.3, -0.25) is 19.3 Å². The first-order valence-corrected chi connectivity index (χ1v) is 6.19. The van der Waals surface area contributed by atoms with E-state index in [0.29, 0.717) is 5.69 Å². The fourth-order valence-electron chi connectivity index (χ4n) is 2.39. The van der Waals surface area contributed by atoms with Gasteiger partial charge in [0.1, 0.15) is 5.92 Å². The van der Waals surface area contributed by atoms with Crippen LogP contribution in [0.25, 0.3) is 0 Å². The third-order valence-corrected chi connectivity index (χ3v) is 3.59. The molecular formula is C14H16N2O4. The normalized spacial score (nSPS) is 22.8. The van der Waals surface area contributed by atoms with Crippen molar-refractivity contribution in [2.24, 2.45) is 5.92 Å². The molecule has 6 heteroatoms. The first kappa shape index (κ1) is 14.0. The van der Waals surface area contributed by atoms with Crippen molar-refractivity contribution in [3.05, 3.63) is 29.8 Å². The van der Waals surface area contributed by atoms with Gasteiger partial charge in [-0.1, -0.05) is 12.1 Å². The highest BCUT2D eigenvalue weighted by molar-refractivity contribution is 6.08. The van der Waals surface area contributed by atoms with Crippen molar-refractivity contribution >= 4 is 23.5 Å². The summed E-state index contributed by atoms with van der Waals surface area (Å²) in [5, 5.41) is 0. The highest BCUT2D eigenvalue weighted by Gasteiger charge is 2.45. The molecule has 20 heavy (non-hydrogen) atoms. The molecule has 0 spiro atoms. The number of methoxy groups -OCH3 is 1. The smallest absolute Gasteiger partial charge is 0.318 e. The molecule has 106 valence electrons. The van der Waals surface area contributed by atoms with Gasteiger partial charge in [0, 0.05) is 25.1 Å². The van der Waals surface area contributed by atoms with E-state index in [-0.39, 0.29) is 12.3 Å². The molecule has 2 unspecified atom stereocenters. The van der Waals surface area contributed by atoms with Crippen LogP contribution in [0.2, 0.25) is 0 Å². The Labute approximate surface area is 116 Å². The number of esters is 1. The lowest BCUT2D eigenvalue weighted by atomic mass is 9.79. The average molecular weight is 276 g/mol. The lowest BCUT2D eigenvalue weighted by molar-refractivity contribution is -0.160. The number of ether oxygens (including phenoxy) is 1. The average Bonchev–Trinajstić information content (AvgIpc) is 2.44. The van der Waals surface area contributed by atoms with Gasteiger partial charge in [0.15, 0.2) is 0 Å². The molecule has 2 rings (SSSR count). The first-order valence-electron chi connectivity index (χ1n) is 6.19. The Kier molecular flexibility index (Phi) is 3.74. The number of rotatable bonds is 2. The predicted molar refractivity (Wildman–Crippen MR) is 71.5 cm³/mol. The first-order chi connectivity index (χ1) is 9.45. The van der Waals surface area contributed by atoms with Crippen LogP contribution in [0.1, 0.15) is 17.9 Å². The number of amides is 2. The van der Waals surface area contributed by atoms with Crippen LogP contribution in [0.5, 0.6) is 0 Å². The van der Waals surface area contributed by atoms with Crippen LogP contribution in [0, 0.1) is 5.92 Å². The van der Waals surface area contributed by atoms with Crippen LogP contribution in [0.4, 0.5) is 5.69 Å². The van der Waals surface area contributed by atoms with E-state index in [1.165, 1.54) is 14.2 Å². The number of nitrogens with two attached hydrogens (primary N) is 1. The molecule has 1 heterocycles. The second kappa shape index (κ2) is 5.32. The Bertz CT molecular complexity index is 553. The van der Waals surface area contributed by atoms with E-state index in [4.69, 9.17) is 10.5 Å². The zero-order valence-corrected chi connectivity index (χ0v) is 11.3. The Balaban J connectivity index is 2.41. The number of imide groups is 1. The molecule has 0 radical (unpaired) electrons. The summed E-state index contributed by atoms with van der Waals surface area (Å²) in [6.45, 7) is 0. The van der Waals surface area contributed by atoms with Crippen molar-refractivity contribution in [3.8, 4) is 0 Å². The molecule has 1 aliphatic rings. The van der Waals surface area contributed by atoms with Crippen molar-refractivity contribution in [2.45, 2.75) is 12.3 Å². The number of carbonyl (C=O) groups excluding carboxylic acids is 3. The number of anilines is 1. The Morgan fingerprint density at radius 2 is 1.90 bits per heavy atom. The quantitative estimate of drug-likeness (QED) is 0.368. The summed E-state index contributed by atoms with van der Waals surface area (Å²) < 4.78 is 4.70. The zero-order chi connectivity index (χ0) is 14.9. The van der Waals surface area contributed by atoms with E-state index in [1.807, 2.05) is 0 Å². The van der Waals surface area contributed by atoms with Crippen LogP contribution < -0.4 is 5.73 Å². The maximum absolute atomic E-state index is 12.2. The van der Waals surface area contributed by atoms with Gasteiger partial charge in [0.05, 0.1) is 7.11 Å². The second-order valence-corrected chi connectivity index (χ2v) is 4.77. The summed E-state index contributed by atoms with van der Waals surface area (Å²) in [7, 11) is 2.60. The van der Waals surface area contributed by atoms with Gasteiger partial charge in [-0.2, -0.15) is 0 Å². The number of likely N-dealkylation sites (tertiary alicyclic amines) is 1. The third kappa shape index (κ3) is 2.36. The molecule has 1 aromatic rings. The summed E-state index contributed by atoms with van der Waals surface area (Å²) in [4.78, 5) is 36.9. The highest BCUT2D eigenvalue weighted by Crippen LogP contribution is 2.35. The van der Waals surface area contributed by atoms with Gasteiger partial charge in [-0.15, -0.1) is 0 Å². The van der Waals surface area contributed by atoms with Crippen molar-refractivity contribution in [3.63, 3.8) is 0 Å². The SMILES string of the molecule is COC(=O)C1C(=O)N(C)C(=O)CC1c1ccc(N)cc1. The molecule has 6 nitrogen and oxygen atoms in total. The molecule has 0 aromatic heterocycles. The third-order valence-electron chi connectivity index (χ3n) is 3.59. The van der Waals surface area contributed by atoms with E-state index in [2.05, 4.69) is 0 Å². The van der Waals surface area contributed by atoms with Gasteiger partial charge in [0.25, 0.3) is 0 Å². The maximum atomic E-state index is 12.2. The Hall–Kier alpha value is -2.37. The molecule has 0 aliphatic carbocycles. The minimum Gasteiger partial charge on any atom is -0.468 e. The van der Waals surface area contributed by atoms with Gasteiger partial charge in [-0.25, -0.2) is 0 Å². The van der Waals surface area contributed by atoms with Crippen LogP contribution in [-0.2, 0) is 19.1 Å². The fourth-order valence-corrected chi connectivity index (χ4v) is 2.39. The van der Waals surface area contributed by atoms with Crippen molar-refractivity contribution < 1.29 is 19.1 Å². The Morgan fingerprint density at radius 1 is 1.30 bits per heavy atom. The molecule has 1 aliphatic heterocycles. The molecule has 2 atom stereocenters. The summed E-state index contributed by atoms with van der Waals surface area (Å²) in [6.07, 6.45) is 0.0892. The molecule has 2 amide bonds. The number of piperidine rings is 1. The van der Waals surface area contributed by atoms with Crippen molar-refractivity contribution in [1.29, 1.82) is 0 Å². The molecular weight excluding hydrogens is 260 g/mol. The van der Waals surface area contributed by atoms with Crippen LogP contribution in [0.15, 0.2) is 24.3 Å². The van der Waals surface area contributed by atoms with Crippen molar-refractivity contribution in [2.75, 3.05) is 19.9 Å².